The number of halogens is 1. The Labute approximate surface area is 164 Å². The van der Waals surface area contributed by atoms with Crippen LogP contribution in [0.25, 0.3) is 21.9 Å². The quantitative estimate of drug-likeness (QED) is 0.504. The summed E-state index contributed by atoms with van der Waals surface area (Å²) in [4.78, 5) is 24.2. The van der Waals surface area contributed by atoms with Gasteiger partial charge in [0.15, 0.2) is 6.61 Å². The van der Waals surface area contributed by atoms with Gasteiger partial charge in [0, 0.05) is 16.8 Å². The van der Waals surface area contributed by atoms with E-state index in [2.05, 4.69) is 5.32 Å². The Morgan fingerprint density at radius 1 is 1.00 bits per heavy atom. The Morgan fingerprint density at radius 2 is 1.83 bits per heavy atom. The fraction of sp³-hybridized carbons (Fsp3) is 0.0909. The number of methoxy groups -OCH3 is 1. The van der Waals surface area contributed by atoms with Crippen LogP contribution in [0, 0.1) is 5.82 Å². The maximum atomic E-state index is 13.2. The first-order valence-electron chi connectivity index (χ1n) is 8.77. The maximum absolute atomic E-state index is 13.2. The fourth-order valence-corrected chi connectivity index (χ4v) is 3.03. The molecule has 0 unspecified atom stereocenters. The molecule has 0 bridgehead atoms. The van der Waals surface area contributed by atoms with Gasteiger partial charge in [-0.25, -0.2) is 9.18 Å². The van der Waals surface area contributed by atoms with E-state index in [1.54, 1.807) is 12.1 Å². The number of para-hydroxylation sites is 1. The number of carbonyl (C=O) groups excluding carboxylic acids is 2. The number of nitrogens with one attached hydrogen (secondary N) is 1. The molecule has 1 amide bonds. The van der Waals surface area contributed by atoms with E-state index < -0.39 is 24.3 Å². The van der Waals surface area contributed by atoms with E-state index in [4.69, 9.17) is 13.9 Å². The zero-order valence-corrected chi connectivity index (χ0v) is 15.4. The summed E-state index contributed by atoms with van der Waals surface area (Å²) in [6.45, 7) is -0.531. The topological polar surface area (TPSA) is 77.8 Å². The van der Waals surface area contributed by atoms with Gasteiger partial charge in [0.2, 0.25) is 0 Å². The Morgan fingerprint density at radius 3 is 2.62 bits per heavy atom. The number of rotatable bonds is 5. The van der Waals surface area contributed by atoms with E-state index in [1.807, 2.05) is 24.3 Å². The average molecular weight is 393 g/mol. The highest BCUT2D eigenvalue weighted by atomic mass is 19.1. The number of hydrogen-bond donors (Lipinski definition) is 1. The molecule has 0 atom stereocenters. The fourth-order valence-electron chi connectivity index (χ4n) is 3.03. The van der Waals surface area contributed by atoms with Crippen molar-refractivity contribution in [2.45, 2.75) is 0 Å². The predicted octanol–water partition coefficient (Wildman–Crippen LogP) is 4.53. The van der Waals surface area contributed by atoms with Crippen LogP contribution in [0.2, 0.25) is 0 Å². The molecule has 29 heavy (non-hydrogen) atoms. The van der Waals surface area contributed by atoms with Crippen LogP contribution in [0.4, 0.5) is 10.1 Å². The van der Waals surface area contributed by atoms with Crippen LogP contribution < -0.4 is 10.1 Å². The first-order valence-corrected chi connectivity index (χ1v) is 8.77. The van der Waals surface area contributed by atoms with Crippen LogP contribution in [-0.4, -0.2) is 25.6 Å². The van der Waals surface area contributed by atoms with Gasteiger partial charge in [-0.15, -0.1) is 0 Å². The lowest BCUT2D eigenvalue weighted by Gasteiger charge is -2.10. The Bertz CT molecular complexity index is 1230. The van der Waals surface area contributed by atoms with E-state index in [0.717, 1.165) is 22.4 Å². The van der Waals surface area contributed by atoms with Crippen LogP contribution >= 0.6 is 0 Å². The molecule has 0 aliphatic rings. The van der Waals surface area contributed by atoms with Crippen LogP contribution in [0.5, 0.6) is 5.75 Å². The summed E-state index contributed by atoms with van der Waals surface area (Å²) in [5.74, 6) is -1.48. The molecule has 0 fully saturated rings. The second kappa shape index (κ2) is 7.63. The number of anilines is 1. The van der Waals surface area contributed by atoms with E-state index >= 15 is 0 Å². The summed E-state index contributed by atoms with van der Waals surface area (Å²) < 4.78 is 29.3. The lowest BCUT2D eigenvalue weighted by Crippen LogP contribution is -2.21. The SMILES string of the molecule is COc1cc2c(cc1NC(=O)COC(=O)c1cccc(F)c1)oc1ccccc12. The average Bonchev–Trinajstić information content (AvgIpc) is 3.08. The van der Waals surface area contributed by atoms with Gasteiger partial charge < -0.3 is 19.2 Å². The molecule has 7 heteroatoms. The Balaban J connectivity index is 1.51. The molecule has 0 aliphatic carbocycles. The van der Waals surface area contributed by atoms with Crippen molar-refractivity contribution in [3.8, 4) is 5.75 Å². The van der Waals surface area contributed by atoms with Crippen molar-refractivity contribution in [3.05, 3.63) is 72.0 Å². The van der Waals surface area contributed by atoms with E-state index in [1.165, 1.54) is 25.3 Å². The summed E-state index contributed by atoms with van der Waals surface area (Å²) in [6, 6.07) is 16.0. The number of benzene rings is 3. The van der Waals surface area contributed by atoms with E-state index in [-0.39, 0.29) is 5.56 Å². The second-order valence-corrected chi connectivity index (χ2v) is 6.28. The molecule has 1 aromatic heterocycles. The predicted molar refractivity (Wildman–Crippen MR) is 106 cm³/mol. The van der Waals surface area contributed by atoms with Crippen LogP contribution in [0.3, 0.4) is 0 Å². The highest BCUT2D eigenvalue weighted by Crippen LogP contribution is 2.36. The van der Waals surface area contributed by atoms with Gasteiger partial charge >= 0.3 is 5.97 Å². The zero-order chi connectivity index (χ0) is 20.4. The maximum Gasteiger partial charge on any atom is 0.338 e. The van der Waals surface area contributed by atoms with Gasteiger partial charge in [-0.3, -0.25) is 4.79 Å². The van der Waals surface area contributed by atoms with Crippen molar-refractivity contribution in [2.24, 2.45) is 0 Å². The highest BCUT2D eigenvalue weighted by molar-refractivity contribution is 6.08. The van der Waals surface area contributed by atoms with E-state index in [0.29, 0.717) is 17.0 Å². The van der Waals surface area contributed by atoms with E-state index in [9.17, 15) is 14.0 Å². The first kappa shape index (κ1) is 18.5. The van der Waals surface area contributed by atoms with Crippen molar-refractivity contribution >= 4 is 39.5 Å². The smallest absolute Gasteiger partial charge is 0.338 e. The summed E-state index contributed by atoms with van der Waals surface area (Å²) in [5.41, 5.74) is 1.71. The molecule has 0 saturated carbocycles. The largest absolute Gasteiger partial charge is 0.495 e. The molecular formula is C22H16FNO5. The van der Waals surface area contributed by atoms with Gasteiger partial charge in [-0.2, -0.15) is 0 Å². The van der Waals surface area contributed by atoms with Crippen LogP contribution in [-0.2, 0) is 9.53 Å². The van der Waals surface area contributed by atoms with Gasteiger partial charge in [0.05, 0.1) is 18.4 Å². The summed E-state index contributed by atoms with van der Waals surface area (Å²) in [6.07, 6.45) is 0. The molecule has 0 aliphatic heterocycles. The summed E-state index contributed by atoms with van der Waals surface area (Å²) >= 11 is 0. The lowest BCUT2D eigenvalue weighted by molar-refractivity contribution is -0.119. The summed E-state index contributed by atoms with van der Waals surface area (Å²) in [7, 11) is 1.49. The minimum atomic E-state index is -0.792. The van der Waals surface area contributed by atoms with Crippen molar-refractivity contribution in [2.75, 3.05) is 19.0 Å². The molecule has 4 rings (SSSR count). The summed E-state index contributed by atoms with van der Waals surface area (Å²) in [5, 5.41) is 4.43. The Kier molecular flexibility index (Phi) is 4.87. The third kappa shape index (κ3) is 3.75. The van der Waals surface area contributed by atoms with Gasteiger partial charge in [0.25, 0.3) is 5.91 Å². The van der Waals surface area contributed by atoms with Gasteiger partial charge in [0.1, 0.15) is 22.7 Å². The van der Waals surface area contributed by atoms with Crippen molar-refractivity contribution < 1.29 is 27.9 Å². The third-order valence-corrected chi connectivity index (χ3v) is 4.37. The molecule has 6 nitrogen and oxygen atoms in total. The molecule has 146 valence electrons. The van der Waals surface area contributed by atoms with Crippen LogP contribution in [0.15, 0.2) is 65.1 Å². The molecule has 3 aromatic carbocycles. The molecule has 1 N–H and O–H groups in total. The number of fused-ring (bicyclic) bond motifs is 3. The van der Waals surface area contributed by atoms with Gasteiger partial charge in [-0.1, -0.05) is 24.3 Å². The number of hydrogen-bond acceptors (Lipinski definition) is 5. The van der Waals surface area contributed by atoms with Crippen molar-refractivity contribution in [3.63, 3.8) is 0 Å². The molecule has 0 spiro atoms. The third-order valence-electron chi connectivity index (χ3n) is 4.37. The zero-order valence-electron chi connectivity index (χ0n) is 15.4. The number of amides is 1. The number of esters is 1. The standard InChI is InChI=1S/C22H16FNO5/c1-27-20-10-16-15-7-2-3-8-18(15)29-19(16)11-17(20)24-21(25)12-28-22(26)13-5-4-6-14(23)9-13/h2-11H,12H2,1H3,(H,24,25). The Hall–Kier alpha value is -3.87. The number of ether oxygens (including phenoxy) is 2. The normalized spacial score (nSPS) is 10.8. The molecular weight excluding hydrogens is 377 g/mol. The van der Waals surface area contributed by atoms with Crippen molar-refractivity contribution in [1.82, 2.24) is 0 Å². The first-order chi connectivity index (χ1) is 14.0. The molecule has 4 aromatic rings. The molecule has 0 radical (unpaired) electrons. The monoisotopic (exact) mass is 393 g/mol. The molecule has 0 saturated heterocycles. The highest BCUT2D eigenvalue weighted by Gasteiger charge is 2.16. The minimum absolute atomic E-state index is 0.0269. The molecule has 1 heterocycles. The second-order valence-electron chi connectivity index (χ2n) is 6.28. The lowest BCUT2D eigenvalue weighted by atomic mass is 10.1. The number of furan rings is 1. The minimum Gasteiger partial charge on any atom is -0.495 e. The van der Waals surface area contributed by atoms with Crippen LogP contribution in [0.1, 0.15) is 10.4 Å². The number of carbonyl (C=O) groups is 2. The van der Waals surface area contributed by atoms with Gasteiger partial charge in [-0.05, 0) is 30.3 Å². The van der Waals surface area contributed by atoms with Crippen molar-refractivity contribution in [1.29, 1.82) is 0 Å².